The zero-order chi connectivity index (χ0) is 14.7. The van der Waals surface area contributed by atoms with Crippen molar-refractivity contribution in [3.63, 3.8) is 0 Å². The SMILES string of the molecule is O=C(O)CCN1CCN(CC2Cc3ccccc3O2)CC1. The number of hydrogen-bond donors (Lipinski definition) is 1. The highest BCUT2D eigenvalue weighted by atomic mass is 16.5. The first kappa shape index (κ1) is 14.4. The molecule has 2 aliphatic heterocycles. The fourth-order valence-electron chi connectivity index (χ4n) is 3.09. The second kappa shape index (κ2) is 6.45. The number of carboxylic acids is 1. The van der Waals surface area contributed by atoms with E-state index in [9.17, 15) is 4.79 Å². The van der Waals surface area contributed by atoms with E-state index in [4.69, 9.17) is 9.84 Å². The summed E-state index contributed by atoms with van der Waals surface area (Å²) in [5.41, 5.74) is 1.31. The van der Waals surface area contributed by atoms with Crippen LogP contribution in [-0.2, 0) is 11.2 Å². The average molecular weight is 290 g/mol. The lowest BCUT2D eigenvalue weighted by atomic mass is 10.1. The number of benzene rings is 1. The number of piperazine rings is 1. The molecule has 2 aliphatic rings. The van der Waals surface area contributed by atoms with Gasteiger partial charge in [0.2, 0.25) is 0 Å². The van der Waals surface area contributed by atoms with Crippen molar-refractivity contribution in [2.45, 2.75) is 18.9 Å². The third-order valence-corrected chi connectivity index (χ3v) is 4.28. The number of carboxylic acid groups (broad SMARTS) is 1. The third kappa shape index (κ3) is 3.74. The molecule has 0 aromatic heterocycles. The van der Waals surface area contributed by atoms with Crippen molar-refractivity contribution in [2.24, 2.45) is 0 Å². The summed E-state index contributed by atoms with van der Waals surface area (Å²) in [6, 6.07) is 8.26. The van der Waals surface area contributed by atoms with E-state index in [-0.39, 0.29) is 12.5 Å². The molecule has 0 bridgehead atoms. The van der Waals surface area contributed by atoms with Crippen molar-refractivity contribution < 1.29 is 14.6 Å². The predicted molar refractivity (Wildman–Crippen MR) is 79.7 cm³/mol. The zero-order valence-electron chi connectivity index (χ0n) is 12.2. The molecule has 3 rings (SSSR count). The number of carbonyl (C=O) groups is 1. The maximum absolute atomic E-state index is 10.6. The van der Waals surface area contributed by atoms with Gasteiger partial charge in [0.25, 0.3) is 0 Å². The Morgan fingerprint density at radius 1 is 1.19 bits per heavy atom. The van der Waals surface area contributed by atoms with E-state index < -0.39 is 5.97 Å². The van der Waals surface area contributed by atoms with E-state index in [1.807, 2.05) is 12.1 Å². The molecule has 2 heterocycles. The number of para-hydroxylation sites is 1. The summed E-state index contributed by atoms with van der Waals surface area (Å²) in [7, 11) is 0. The van der Waals surface area contributed by atoms with E-state index in [0.29, 0.717) is 6.54 Å². The number of hydrogen-bond acceptors (Lipinski definition) is 4. The lowest BCUT2D eigenvalue weighted by Crippen LogP contribution is -2.49. The number of fused-ring (bicyclic) bond motifs is 1. The zero-order valence-corrected chi connectivity index (χ0v) is 12.2. The first-order valence-electron chi connectivity index (χ1n) is 7.62. The predicted octanol–water partition coefficient (Wildman–Crippen LogP) is 1.08. The molecule has 5 nitrogen and oxygen atoms in total. The van der Waals surface area contributed by atoms with Gasteiger partial charge in [-0.3, -0.25) is 9.69 Å². The van der Waals surface area contributed by atoms with Gasteiger partial charge in [0.05, 0.1) is 6.42 Å². The summed E-state index contributed by atoms with van der Waals surface area (Å²) >= 11 is 0. The molecule has 1 aromatic rings. The molecule has 1 fully saturated rings. The van der Waals surface area contributed by atoms with Gasteiger partial charge >= 0.3 is 5.97 Å². The minimum absolute atomic E-state index is 0.237. The molecule has 114 valence electrons. The first-order chi connectivity index (χ1) is 10.2. The molecule has 1 N–H and O–H groups in total. The van der Waals surface area contributed by atoms with Crippen molar-refractivity contribution in [1.29, 1.82) is 0 Å². The van der Waals surface area contributed by atoms with Gasteiger partial charge in [-0.1, -0.05) is 18.2 Å². The van der Waals surface area contributed by atoms with Crippen LogP contribution in [0.25, 0.3) is 0 Å². The average Bonchev–Trinajstić information content (AvgIpc) is 2.88. The van der Waals surface area contributed by atoms with Crippen molar-refractivity contribution in [3.8, 4) is 5.75 Å². The van der Waals surface area contributed by atoms with Crippen molar-refractivity contribution in [1.82, 2.24) is 9.80 Å². The summed E-state index contributed by atoms with van der Waals surface area (Å²) in [6.45, 7) is 5.52. The highest BCUT2D eigenvalue weighted by molar-refractivity contribution is 5.66. The smallest absolute Gasteiger partial charge is 0.304 e. The molecule has 1 unspecified atom stereocenters. The third-order valence-electron chi connectivity index (χ3n) is 4.28. The Balaban J connectivity index is 1.41. The Morgan fingerprint density at radius 3 is 2.62 bits per heavy atom. The highest BCUT2D eigenvalue weighted by Crippen LogP contribution is 2.28. The van der Waals surface area contributed by atoms with Crippen LogP contribution < -0.4 is 4.74 Å². The van der Waals surface area contributed by atoms with Crippen LogP contribution in [0, 0.1) is 0 Å². The van der Waals surface area contributed by atoms with Crippen molar-refractivity contribution >= 4 is 5.97 Å². The Hall–Kier alpha value is -1.59. The second-order valence-electron chi connectivity index (χ2n) is 5.84. The quantitative estimate of drug-likeness (QED) is 0.879. The normalized spacial score (nSPS) is 22.8. The fourth-order valence-corrected chi connectivity index (χ4v) is 3.09. The molecule has 1 aromatic carbocycles. The Kier molecular flexibility index (Phi) is 4.41. The number of rotatable bonds is 5. The summed E-state index contributed by atoms with van der Waals surface area (Å²) in [4.78, 5) is 15.2. The Labute approximate surface area is 125 Å². The van der Waals surface area contributed by atoms with Gasteiger partial charge in [-0.25, -0.2) is 0 Å². The number of ether oxygens (including phenoxy) is 1. The number of nitrogens with zero attached hydrogens (tertiary/aromatic N) is 2. The molecule has 1 saturated heterocycles. The molecular formula is C16H22N2O3. The second-order valence-corrected chi connectivity index (χ2v) is 5.84. The monoisotopic (exact) mass is 290 g/mol. The fraction of sp³-hybridized carbons (Fsp3) is 0.562. The van der Waals surface area contributed by atoms with Gasteiger partial charge in [-0.2, -0.15) is 0 Å². The summed E-state index contributed by atoms with van der Waals surface area (Å²) in [5, 5.41) is 8.72. The van der Waals surface area contributed by atoms with Crippen LogP contribution in [0.4, 0.5) is 0 Å². The van der Waals surface area contributed by atoms with Gasteiger partial charge in [0, 0.05) is 45.7 Å². The van der Waals surface area contributed by atoms with Crippen LogP contribution in [0.5, 0.6) is 5.75 Å². The molecule has 0 saturated carbocycles. The topological polar surface area (TPSA) is 53.0 Å². The van der Waals surface area contributed by atoms with Crippen LogP contribution in [0.15, 0.2) is 24.3 Å². The van der Waals surface area contributed by atoms with Crippen LogP contribution in [0.2, 0.25) is 0 Å². The maximum atomic E-state index is 10.6. The first-order valence-corrected chi connectivity index (χ1v) is 7.62. The Bertz CT molecular complexity index is 473. The van der Waals surface area contributed by atoms with Gasteiger partial charge in [0.15, 0.2) is 0 Å². The Morgan fingerprint density at radius 2 is 1.90 bits per heavy atom. The van der Waals surface area contributed by atoms with Gasteiger partial charge in [-0.05, 0) is 11.6 Å². The van der Waals surface area contributed by atoms with E-state index in [1.54, 1.807) is 0 Å². The van der Waals surface area contributed by atoms with Crippen molar-refractivity contribution in [3.05, 3.63) is 29.8 Å². The number of aliphatic carboxylic acids is 1. The lowest BCUT2D eigenvalue weighted by Gasteiger charge is -2.35. The van der Waals surface area contributed by atoms with Gasteiger partial charge in [-0.15, -0.1) is 0 Å². The van der Waals surface area contributed by atoms with E-state index in [0.717, 1.165) is 44.9 Å². The summed E-state index contributed by atoms with van der Waals surface area (Å²) < 4.78 is 5.98. The molecular weight excluding hydrogens is 268 g/mol. The molecule has 0 aliphatic carbocycles. The van der Waals surface area contributed by atoms with Gasteiger partial charge in [0.1, 0.15) is 11.9 Å². The van der Waals surface area contributed by atoms with Crippen LogP contribution in [0.1, 0.15) is 12.0 Å². The van der Waals surface area contributed by atoms with E-state index in [2.05, 4.69) is 21.9 Å². The van der Waals surface area contributed by atoms with E-state index in [1.165, 1.54) is 5.56 Å². The van der Waals surface area contributed by atoms with Crippen LogP contribution in [-0.4, -0.2) is 66.2 Å². The highest BCUT2D eigenvalue weighted by Gasteiger charge is 2.26. The summed E-state index contributed by atoms with van der Waals surface area (Å²) in [5.74, 6) is 0.317. The molecule has 0 amide bonds. The molecule has 5 heteroatoms. The van der Waals surface area contributed by atoms with E-state index >= 15 is 0 Å². The maximum Gasteiger partial charge on any atom is 0.304 e. The molecule has 21 heavy (non-hydrogen) atoms. The van der Waals surface area contributed by atoms with Crippen LogP contribution >= 0.6 is 0 Å². The molecule has 1 atom stereocenters. The largest absolute Gasteiger partial charge is 0.488 e. The minimum atomic E-state index is -0.713. The standard InChI is InChI=1S/C16H22N2O3/c19-16(20)5-6-17-7-9-18(10-8-17)12-14-11-13-3-1-2-4-15(13)21-14/h1-4,14H,5-12H2,(H,19,20). The minimum Gasteiger partial charge on any atom is -0.488 e. The molecule has 0 radical (unpaired) electrons. The van der Waals surface area contributed by atoms with Crippen molar-refractivity contribution in [2.75, 3.05) is 39.3 Å². The molecule has 0 spiro atoms. The van der Waals surface area contributed by atoms with Gasteiger partial charge < -0.3 is 14.7 Å². The summed E-state index contributed by atoms with van der Waals surface area (Å²) in [6.07, 6.45) is 1.49. The van der Waals surface area contributed by atoms with Crippen LogP contribution in [0.3, 0.4) is 0 Å². The lowest BCUT2D eigenvalue weighted by molar-refractivity contribution is -0.137.